The van der Waals surface area contributed by atoms with Crippen molar-refractivity contribution in [2.75, 3.05) is 16.8 Å². The molecular weight excluding hydrogens is 296 g/mol. The average molecular weight is 322 g/mol. The van der Waals surface area contributed by atoms with Gasteiger partial charge in [0.25, 0.3) is 0 Å². The van der Waals surface area contributed by atoms with Crippen molar-refractivity contribution in [1.82, 2.24) is 0 Å². The van der Waals surface area contributed by atoms with E-state index in [1.165, 1.54) is 22.4 Å². The van der Waals surface area contributed by atoms with Gasteiger partial charge in [0.05, 0.1) is 0 Å². The van der Waals surface area contributed by atoms with Crippen LogP contribution in [0, 0.1) is 0 Å². The first kappa shape index (κ1) is 16.6. The van der Waals surface area contributed by atoms with E-state index in [0.717, 1.165) is 25.2 Å². The minimum Gasteiger partial charge on any atom is -0.367 e. The fraction of sp³-hybridized carbons (Fsp3) is 0.381. The third kappa shape index (κ3) is 3.61. The molecule has 0 aliphatic carbocycles. The summed E-state index contributed by atoms with van der Waals surface area (Å²) in [6.07, 6.45) is 1.03. The molecule has 24 heavy (non-hydrogen) atoms. The van der Waals surface area contributed by atoms with Crippen LogP contribution in [0.25, 0.3) is 0 Å². The monoisotopic (exact) mass is 322 g/mol. The van der Waals surface area contributed by atoms with Crippen molar-refractivity contribution in [3.8, 4) is 0 Å². The first-order valence-electron chi connectivity index (χ1n) is 8.58. The highest BCUT2D eigenvalue weighted by Gasteiger charge is 2.20. The maximum Gasteiger partial charge on any atom is 0.221 e. The maximum atomic E-state index is 11.2. The Morgan fingerprint density at radius 1 is 1.12 bits per heavy atom. The Hall–Kier alpha value is -2.29. The van der Waals surface area contributed by atoms with Crippen LogP contribution in [-0.2, 0) is 23.2 Å². The smallest absolute Gasteiger partial charge is 0.221 e. The van der Waals surface area contributed by atoms with Crippen LogP contribution in [-0.4, -0.2) is 12.5 Å². The van der Waals surface area contributed by atoms with Gasteiger partial charge < -0.3 is 10.2 Å². The molecule has 0 saturated heterocycles. The van der Waals surface area contributed by atoms with Gasteiger partial charge in [0.1, 0.15) is 0 Å². The SMILES string of the molecule is CC(=O)Nc1ccc2c(c1)CCN2Cc1ccc(C(C)(C)C)cc1. The Kier molecular flexibility index (Phi) is 4.35. The molecule has 0 saturated carbocycles. The standard InChI is InChI=1S/C21H26N2O/c1-15(24)22-19-9-10-20-17(13-19)11-12-23(20)14-16-5-7-18(8-6-16)21(2,3)4/h5-10,13H,11-12,14H2,1-4H3,(H,22,24). The van der Waals surface area contributed by atoms with Gasteiger partial charge in [-0.1, -0.05) is 45.0 Å². The van der Waals surface area contributed by atoms with Crippen LogP contribution in [0.5, 0.6) is 0 Å². The minimum atomic E-state index is -0.0243. The normalized spacial score (nSPS) is 13.8. The lowest BCUT2D eigenvalue weighted by atomic mass is 9.87. The summed E-state index contributed by atoms with van der Waals surface area (Å²) in [6.45, 7) is 10.2. The number of benzene rings is 2. The molecule has 1 amide bonds. The molecular formula is C21H26N2O. The van der Waals surface area contributed by atoms with Crippen molar-refractivity contribution in [3.05, 3.63) is 59.2 Å². The molecule has 3 heteroatoms. The van der Waals surface area contributed by atoms with Crippen molar-refractivity contribution in [2.45, 2.75) is 46.1 Å². The molecule has 0 spiro atoms. The zero-order valence-electron chi connectivity index (χ0n) is 15.0. The molecule has 3 nitrogen and oxygen atoms in total. The molecule has 3 rings (SSSR count). The zero-order valence-corrected chi connectivity index (χ0v) is 15.0. The first-order valence-corrected chi connectivity index (χ1v) is 8.58. The van der Waals surface area contributed by atoms with E-state index >= 15 is 0 Å². The summed E-state index contributed by atoms with van der Waals surface area (Å²) in [5.41, 5.74) is 6.38. The number of carbonyl (C=O) groups excluding carboxylic acids is 1. The minimum absolute atomic E-state index is 0.0243. The molecule has 1 N–H and O–H groups in total. The van der Waals surface area contributed by atoms with E-state index in [9.17, 15) is 4.79 Å². The van der Waals surface area contributed by atoms with E-state index in [2.05, 4.69) is 67.4 Å². The number of fused-ring (bicyclic) bond motifs is 1. The van der Waals surface area contributed by atoms with Crippen LogP contribution in [0.15, 0.2) is 42.5 Å². The van der Waals surface area contributed by atoms with Crippen molar-refractivity contribution < 1.29 is 4.79 Å². The predicted octanol–water partition coefficient (Wildman–Crippen LogP) is 4.51. The second kappa shape index (κ2) is 6.31. The number of nitrogens with one attached hydrogen (secondary N) is 1. The van der Waals surface area contributed by atoms with Gasteiger partial charge in [-0.25, -0.2) is 0 Å². The number of anilines is 2. The van der Waals surface area contributed by atoms with Crippen molar-refractivity contribution in [1.29, 1.82) is 0 Å². The van der Waals surface area contributed by atoms with Crippen molar-refractivity contribution >= 4 is 17.3 Å². The van der Waals surface area contributed by atoms with E-state index in [1.54, 1.807) is 6.92 Å². The highest BCUT2D eigenvalue weighted by molar-refractivity contribution is 5.89. The van der Waals surface area contributed by atoms with Gasteiger partial charge in [0.2, 0.25) is 5.91 Å². The lowest BCUT2D eigenvalue weighted by Gasteiger charge is -2.22. The maximum absolute atomic E-state index is 11.2. The van der Waals surface area contributed by atoms with E-state index in [-0.39, 0.29) is 11.3 Å². The number of rotatable bonds is 3. The summed E-state index contributed by atoms with van der Waals surface area (Å²) in [6, 6.07) is 15.2. The molecule has 1 aliphatic rings. The van der Waals surface area contributed by atoms with Crippen LogP contribution < -0.4 is 10.2 Å². The van der Waals surface area contributed by atoms with Crippen LogP contribution in [0.2, 0.25) is 0 Å². The summed E-state index contributed by atoms with van der Waals surface area (Å²) < 4.78 is 0. The Morgan fingerprint density at radius 3 is 2.46 bits per heavy atom. The fourth-order valence-corrected chi connectivity index (χ4v) is 3.25. The average Bonchev–Trinajstić information content (AvgIpc) is 2.88. The predicted molar refractivity (Wildman–Crippen MR) is 101 cm³/mol. The number of amides is 1. The molecule has 0 fully saturated rings. The Balaban J connectivity index is 1.74. The third-order valence-corrected chi connectivity index (χ3v) is 4.59. The Labute approximate surface area is 144 Å². The van der Waals surface area contributed by atoms with Gasteiger partial charge in [0, 0.05) is 31.4 Å². The second-order valence-corrected chi connectivity index (χ2v) is 7.64. The molecule has 0 radical (unpaired) electrons. The Bertz CT molecular complexity index is 741. The molecule has 1 aliphatic heterocycles. The highest BCUT2D eigenvalue weighted by Crippen LogP contribution is 2.32. The van der Waals surface area contributed by atoms with Crippen molar-refractivity contribution in [3.63, 3.8) is 0 Å². The van der Waals surface area contributed by atoms with Gasteiger partial charge in [0.15, 0.2) is 0 Å². The fourth-order valence-electron chi connectivity index (χ4n) is 3.25. The molecule has 2 aromatic carbocycles. The summed E-state index contributed by atoms with van der Waals surface area (Å²) in [5, 5.41) is 2.86. The summed E-state index contributed by atoms with van der Waals surface area (Å²) in [5.74, 6) is -0.0243. The van der Waals surface area contributed by atoms with Gasteiger partial charge in [-0.3, -0.25) is 4.79 Å². The lowest BCUT2D eigenvalue weighted by Crippen LogP contribution is -2.20. The molecule has 1 heterocycles. The Morgan fingerprint density at radius 2 is 1.83 bits per heavy atom. The van der Waals surface area contributed by atoms with Gasteiger partial charge >= 0.3 is 0 Å². The van der Waals surface area contributed by atoms with E-state index in [4.69, 9.17) is 0 Å². The lowest BCUT2D eigenvalue weighted by molar-refractivity contribution is -0.114. The molecule has 0 unspecified atom stereocenters. The zero-order chi connectivity index (χ0) is 17.3. The van der Waals surface area contributed by atoms with Gasteiger partial charge in [-0.15, -0.1) is 0 Å². The molecule has 126 valence electrons. The highest BCUT2D eigenvalue weighted by atomic mass is 16.1. The number of nitrogens with zero attached hydrogens (tertiary/aromatic N) is 1. The topological polar surface area (TPSA) is 32.3 Å². The second-order valence-electron chi connectivity index (χ2n) is 7.64. The third-order valence-electron chi connectivity index (χ3n) is 4.59. The van der Waals surface area contributed by atoms with Gasteiger partial charge in [-0.05, 0) is 46.7 Å². The number of hydrogen-bond acceptors (Lipinski definition) is 2. The molecule has 2 aromatic rings. The van der Waals surface area contributed by atoms with E-state index in [0.29, 0.717) is 0 Å². The molecule has 0 atom stereocenters. The summed E-state index contributed by atoms with van der Waals surface area (Å²) in [4.78, 5) is 13.6. The summed E-state index contributed by atoms with van der Waals surface area (Å²) >= 11 is 0. The molecule has 0 aromatic heterocycles. The van der Waals surface area contributed by atoms with Crippen LogP contribution in [0.1, 0.15) is 44.4 Å². The number of carbonyl (C=O) groups is 1. The largest absolute Gasteiger partial charge is 0.367 e. The van der Waals surface area contributed by atoms with Gasteiger partial charge in [-0.2, -0.15) is 0 Å². The first-order chi connectivity index (χ1) is 11.3. The van der Waals surface area contributed by atoms with Crippen molar-refractivity contribution in [2.24, 2.45) is 0 Å². The van der Waals surface area contributed by atoms with Crippen LogP contribution in [0.4, 0.5) is 11.4 Å². The van der Waals surface area contributed by atoms with Crippen LogP contribution >= 0.6 is 0 Å². The van der Waals surface area contributed by atoms with E-state index < -0.39 is 0 Å². The van der Waals surface area contributed by atoms with E-state index in [1.807, 2.05) is 6.07 Å². The number of hydrogen-bond donors (Lipinski definition) is 1. The van der Waals surface area contributed by atoms with Crippen LogP contribution in [0.3, 0.4) is 0 Å². The summed E-state index contributed by atoms with van der Waals surface area (Å²) in [7, 11) is 0. The quantitative estimate of drug-likeness (QED) is 0.902. The molecule has 0 bridgehead atoms.